The first-order chi connectivity index (χ1) is 7.22. The van der Waals surface area contributed by atoms with Crippen molar-refractivity contribution in [3.63, 3.8) is 0 Å². The highest BCUT2D eigenvalue weighted by molar-refractivity contribution is 5.36. The maximum atomic E-state index is 9.68. The van der Waals surface area contributed by atoms with Gasteiger partial charge < -0.3 is 20.3 Å². The van der Waals surface area contributed by atoms with Crippen molar-refractivity contribution in [1.29, 1.82) is 0 Å². The molecule has 0 fully saturated rings. The first kappa shape index (κ1) is 12.0. The molecule has 84 valence electrons. The van der Waals surface area contributed by atoms with E-state index in [9.17, 15) is 5.11 Å². The number of aliphatic hydroxyl groups is 1. The fraction of sp³-hybridized carbons (Fsp3) is 0.455. The van der Waals surface area contributed by atoms with Crippen LogP contribution in [0.3, 0.4) is 0 Å². The Morgan fingerprint density at radius 3 is 2.67 bits per heavy atom. The number of methoxy groups -OCH3 is 2. The van der Waals surface area contributed by atoms with Crippen LogP contribution in [0.2, 0.25) is 0 Å². The van der Waals surface area contributed by atoms with Crippen LogP contribution in [-0.4, -0.2) is 25.9 Å². The van der Waals surface area contributed by atoms with Crippen molar-refractivity contribution in [2.24, 2.45) is 5.73 Å². The number of hydrogen-bond donors (Lipinski definition) is 2. The van der Waals surface area contributed by atoms with Gasteiger partial charge in [-0.3, -0.25) is 0 Å². The molecule has 0 aliphatic rings. The van der Waals surface area contributed by atoms with Crippen molar-refractivity contribution < 1.29 is 14.6 Å². The summed E-state index contributed by atoms with van der Waals surface area (Å²) in [5.74, 6) is 0.745. The van der Waals surface area contributed by atoms with Crippen molar-refractivity contribution in [3.05, 3.63) is 29.3 Å². The Morgan fingerprint density at radius 2 is 2.13 bits per heavy atom. The number of hydrogen-bond acceptors (Lipinski definition) is 4. The van der Waals surface area contributed by atoms with Crippen molar-refractivity contribution >= 4 is 0 Å². The smallest absolute Gasteiger partial charge is 0.119 e. The van der Waals surface area contributed by atoms with Gasteiger partial charge >= 0.3 is 0 Å². The summed E-state index contributed by atoms with van der Waals surface area (Å²) in [5.41, 5.74) is 7.11. The van der Waals surface area contributed by atoms with E-state index >= 15 is 0 Å². The van der Waals surface area contributed by atoms with Gasteiger partial charge in [0.15, 0.2) is 0 Å². The van der Waals surface area contributed by atoms with E-state index in [1.807, 2.05) is 12.1 Å². The lowest BCUT2D eigenvalue weighted by Gasteiger charge is -2.14. The Morgan fingerprint density at radius 1 is 1.40 bits per heavy atom. The van der Waals surface area contributed by atoms with Gasteiger partial charge in [-0.15, -0.1) is 0 Å². The summed E-state index contributed by atoms with van der Waals surface area (Å²) in [6.07, 6.45) is -0.652. The Balaban J connectivity index is 3.03. The van der Waals surface area contributed by atoms with E-state index in [-0.39, 0.29) is 6.54 Å². The quantitative estimate of drug-likeness (QED) is 0.757. The summed E-state index contributed by atoms with van der Waals surface area (Å²) >= 11 is 0. The minimum atomic E-state index is -0.652. The molecule has 0 amide bonds. The van der Waals surface area contributed by atoms with Gasteiger partial charge in [0, 0.05) is 13.7 Å². The van der Waals surface area contributed by atoms with Crippen LogP contribution < -0.4 is 10.5 Å². The average molecular weight is 211 g/mol. The van der Waals surface area contributed by atoms with Crippen LogP contribution in [0.5, 0.6) is 5.75 Å². The van der Waals surface area contributed by atoms with Gasteiger partial charge in [-0.05, 0) is 23.3 Å². The van der Waals surface area contributed by atoms with Gasteiger partial charge in [0.05, 0.1) is 19.8 Å². The van der Waals surface area contributed by atoms with Gasteiger partial charge in [0.25, 0.3) is 0 Å². The molecule has 1 aromatic rings. The van der Waals surface area contributed by atoms with Crippen LogP contribution in [0.1, 0.15) is 17.2 Å². The standard InChI is InChI=1S/C11H17NO3/c1-14-7-8-5-9(15-2)3-4-10(8)11(13)6-12/h3-5,11,13H,6-7,12H2,1-2H3. The monoisotopic (exact) mass is 211 g/mol. The molecule has 1 rings (SSSR count). The van der Waals surface area contributed by atoms with Crippen LogP contribution in [0, 0.1) is 0 Å². The zero-order valence-corrected chi connectivity index (χ0v) is 9.06. The predicted octanol–water partition coefficient (Wildman–Crippen LogP) is 0.834. The maximum Gasteiger partial charge on any atom is 0.119 e. The molecule has 0 aliphatic carbocycles. The van der Waals surface area contributed by atoms with Gasteiger partial charge in [-0.2, -0.15) is 0 Å². The highest BCUT2D eigenvalue weighted by Crippen LogP contribution is 2.23. The molecule has 1 aromatic carbocycles. The number of rotatable bonds is 5. The lowest BCUT2D eigenvalue weighted by molar-refractivity contribution is 0.165. The first-order valence-corrected chi connectivity index (χ1v) is 4.76. The third-order valence-corrected chi connectivity index (χ3v) is 2.23. The molecule has 0 radical (unpaired) electrons. The van der Waals surface area contributed by atoms with Crippen LogP contribution in [0.25, 0.3) is 0 Å². The molecule has 0 saturated heterocycles. The van der Waals surface area contributed by atoms with Crippen LogP contribution in [0.4, 0.5) is 0 Å². The Labute approximate surface area is 89.6 Å². The van der Waals surface area contributed by atoms with Crippen LogP contribution in [-0.2, 0) is 11.3 Å². The molecular formula is C11H17NO3. The second kappa shape index (κ2) is 5.70. The summed E-state index contributed by atoms with van der Waals surface area (Å²) < 4.78 is 10.2. The van der Waals surface area contributed by atoms with Gasteiger partial charge in [-0.25, -0.2) is 0 Å². The van der Waals surface area contributed by atoms with E-state index < -0.39 is 6.10 Å². The molecule has 1 unspecified atom stereocenters. The van der Waals surface area contributed by atoms with Crippen molar-refractivity contribution in [2.45, 2.75) is 12.7 Å². The average Bonchev–Trinajstić information content (AvgIpc) is 2.28. The van der Waals surface area contributed by atoms with E-state index in [2.05, 4.69) is 0 Å². The molecule has 4 nitrogen and oxygen atoms in total. The molecule has 0 heterocycles. The van der Waals surface area contributed by atoms with Gasteiger partial charge in [-0.1, -0.05) is 6.07 Å². The van der Waals surface area contributed by atoms with E-state index in [1.165, 1.54) is 0 Å². The van der Waals surface area contributed by atoms with E-state index in [4.69, 9.17) is 15.2 Å². The Kier molecular flexibility index (Phi) is 4.55. The highest BCUT2D eigenvalue weighted by Gasteiger charge is 2.11. The molecule has 1 atom stereocenters. The lowest BCUT2D eigenvalue weighted by atomic mass is 10.0. The maximum absolute atomic E-state index is 9.68. The SMILES string of the molecule is COCc1cc(OC)ccc1C(O)CN. The molecule has 0 bridgehead atoms. The highest BCUT2D eigenvalue weighted by atomic mass is 16.5. The third kappa shape index (κ3) is 2.92. The van der Waals surface area contributed by atoms with E-state index in [0.717, 1.165) is 16.9 Å². The Hall–Kier alpha value is -1.10. The van der Waals surface area contributed by atoms with E-state index in [0.29, 0.717) is 6.61 Å². The molecule has 4 heteroatoms. The zero-order valence-electron chi connectivity index (χ0n) is 9.06. The van der Waals surface area contributed by atoms with Gasteiger partial charge in [0.1, 0.15) is 5.75 Å². The van der Waals surface area contributed by atoms with Crippen molar-refractivity contribution in [2.75, 3.05) is 20.8 Å². The normalized spacial score (nSPS) is 12.5. The van der Waals surface area contributed by atoms with Gasteiger partial charge in [0.2, 0.25) is 0 Å². The summed E-state index contributed by atoms with van der Waals surface area (Å²) in [6.45, 7) is 0.632. The fourth-order valence-corrected chi connectivity index (χ4v) is 1.44. The number of ether oxygens (including phenoxy) is 2. The summed E-state index contributed by atoms with van der Waals surface area (Å²) in [5, 5.41) is 9.68. The molecule has 0 spiro atoms. The number of aliphatic hydroxyl groups excluding tert-OH is 1. The van der Waals surface area contributed by atoms with Crippen molar-refractivity contribution in [3.8, 4) is 5.75 Å². The van der Waals surface area contributed by atoms with E-state index in [1.54, 1.807) is 20.3 Å². The topological polar surface area (TPSA) is 64.7 Å². The molecule has 15 heavy (non-hydrogen) atoms. The predicted molar refractivity (Wildman–Crippen MR) is 57.7 cm³/mol. The second-order valence-electron chi connectivity index (χ2n) is 3.25. The summed E-state index contributed by atoms with van der Waals surface area (Å²) in [7, 11) is 3.21. The molecule has 0 aliphatic heterocycles. The molecule has 0 aromatic heterocycles. The minimum absolute atomic E-state index is 0.197. The van der Waals surface area contributed by atoms with Crippen molar-refractivity contribution in [1.82, 2.24) is 0 Å². The Bertz CT molecular complexity index is 315. The fourth-order valence-electron chi connectivity index (χ4n) is 1.44. The first-order valence-electron chi connectivity index (χ1n) is 4.76. The number of nitrogens with two attached hydrogens (primary N) is 1. The molecule has 3 N–H and O–H groups in total. The lowest BCUT2D eigenvalue weighted by Crippen LogP contribution is -2.13. The zero-order chi connectivity index (χ0) is 11.3. The third-order valence-electron chi connectivity index (χ3n) is 2.23. The molecular weight excluding hydrogens is 194 g/mol. The number of benzene rings is 1. The largest absolute Gasteiger partial charge is 0.497 e. The van der Waals surface area contributed by atoms with Crippen LogP contribution >= 0.6 is 0 Å². The minimum Gasteiger partial charge on any atom is -0.497 e. The summed E-state index contributed by atoms with van der Waals surface area (Å²) in [4.78, 5) is 0. The molecule has 0 saturated carbocycles. The van der Waals surface area contributed by atoms with Crippen LogP contribution in [0.15, 0.2) is 18.2 Å². The second-order valence-corrected chi connectivity index (χ2v) is 3.25. The summed E-state index contributed by atoms with van der Waals surface area (Å²) in [6, 6.07) is 5.45.